The third kappa shape index (κ3) is 2.19. The van der Waals surface area contributed by atoms with E-state index in [0.29, 0.717) is 12.1 Å². The van der Waals surface area contributed by atoms with Crippen molar-refractivity contribution in [3.05, 3.63) is 24.3 Å². The number of nitrogens with zero attached hydrogens (tertiary/aromatic N) is 3. The van der Waals surface area contributed by atoms with Crippen LogP contribution in [0.2, 0.25) is 0 Å². The van der Waals surface area contributed by atoms with Gasteiger partial charge >= 0.3 is 5.97 Å². The van der Waals surface area contributed by atoms with Gasteiger partial charge in [0.15, 0.2) is 0 Å². The number of hydrogen-bond acceptors (Lipinski definition) is 3. The lowest BCUT2D eigenvalue weighted by Gasteiger charge is -1.94. The summed E-state index contributed by atoms with van der Waals surface area (Å²) in [6, 6.07) is 0. The minimum Gasteiger partial charge on any atom is -0.478 e. The Kier molecular flexibility index (Phi) is 2.57. The molecule has 1 N–H and O–H groups in total. The largest absolute Gasteiger partial charge is 0.478 e. The summed E-state index contributed by atoms with van der Waals surface area (Å²) in [5.41, 5.74) is 0.311. The maximum atomic E-state index is 10.3. The van der Waals surface area contributed by atoms with Crippen LogP contribution in [0.25, 0.3) is 0 Å². The van der Waals surface area contributed by atoms with Gasteiger partial charge in [-0.2, -0.15) is 5.10 Å². The van der Waals surface area contributed by atoms with Gasteiger partial charge in [0.05, 0.1) is 6.54 Å². The van der Waals surface area contributed by atoms with Crippen LogP contribution in [0.15, 0.2) is 24.3 Å². The van der Waals surface area contributed by atoms with Gasteiger partial charge in [-0.25, -0.2) is 14.5 Å². The fourth-order valence-corrected chi connectivity index (χ4v) is 0.645. The minimum absolute atomic E-state index is 0.311. The van der Waals surface area contributed by atoms with Gasteiger partial charge in [0.25, 0.3) is 0 Å². The molecule has 0 aromatic carbocycles. The molecule has 1 rings (SSSR count). The number of hydrogen-bond donors (Lipinski definition) is 1. The molecular weight excluding hydrogens is 158 g/mol. The topological polar surface area (TPSA) is 68.0 Å². The fraction of sp³-hybridized carbons (Fsp3) is 0.286. The molecule has 0 aliphatic carbocycles. The van der Waals surface area contributed by atoms with Gasteiger partial charge in [-0.1, -0.05) is 6.08 Å². The Hall–Kier alpha value is -1.65. The van der Waals surface area contributed by atoms with E-state index < -0.39 is 5.97 Å². The smallest absolute Gasteiger partial charge is 0.331 e. The number of carbonyl (C=O) groups is 1. The Morgan fingerprint density at radius 1 is 1.75 bits per heavy atom. The van der Waals surface area contributed by atoms with Gasteiger partial charge in [-0.05, 0) is 6.92 Å². The number of aromatic nitrogens is 3. The molecule has 0 atom stereocenters. The van der Waals surface area contributed by atoms with E-state index in [4.69, 9.17) is 5.11 Å². The number of allylic oxidation sites excluding steroid dienone is 1. The highest BCUT2D eigenvalue weighted by molar-refractivity contribution is 5.85. The molecule has 0 aliphatic heterocycles. The van der Waals surface area contributed by atoms with Gasteiger partial charge in [-0.15, -0.1) is 0 Å². The van der Waals surface area contributed by atoms with Crippen molar-refractivity contribution < 1.29 is 9.90 Å². The van der Waals surface area contributed by atoms with E-state index in [0.717, 1.165) is 0 Å². The third-order valence-electron chi connectivity index (χ3n) is 1.39. The Bertz CT molecular complexity index is 290. The molecule has 0 fully saturated rings. The highest BCUT2D eigenvalue weighted by Crippen LogP contribution is 1.93. The van der Waals surface area contributed by atoms with Crippen LogP contribution in [-0.4, -0.2) is 25.8 Å². The number of rotatable bonds is 3. The zero-order valence-electron chi connectivity index (χ0n) is 6.64. The van der Waals surface area contributed by atoms with Gasteiger partial charge in [0, 0.05) is 5.57 Å². The first-order valence-corrected chi connectivity index (χ1v) is 3.42. The summed E-state index contributed by atoms with van der Waals surface area (Å²) in [6.07, 6.45) is 4.52. The molecule has 12 heavy (non-hydrogen) atoms. The molecule has 1 aromatic heterocycles. The van der Waals surface area contributed by atoms with E-state index >= 15 is 0 Å². The predicted molar refractivity (Wildman–Crippen MR) is 41.4 cm³/mol. The van der Waals surface area contributed by atoms with Crippen molar-refractivity contribution in [2.24, 2.45) is 0 Å². The summed E-state index contributed by atoms with van der Waals surface area (Å²) < 4.78 is 1.55. The van der Waals surface area contributed by atoms with Crippen LogP contribution >= 0.6 is 0 Å². The summed E-state index contributed by atoms with van der Waals surface area (Å²) in [5.74, 6) is -0.907. The lowest BCUT2D eigenvalue weighted by atomic mass is 10.3. The highest BCUT2D eigenvalue weighted by Gasteiger charge is 1.97. The Morgan fingerprint density at radius 2 is 2.50 bits per heavy atom. The second-order valence-electron chi connectivity index (χ2n) is 2.31. The number of carboxylic acids is 1. The SMILES string of the molecule is CC(=CCn1cncn1)C(=O)O. The second kappa shape index (κ2) is 3.66. The summed E-state index contributed by atoms with van der Waals surface area (Å²) in [5, 5.41) is 12.3. The first kappa shape index (κ1) is 8.45. The summed E-state index contributed by atoms with van der Waals surface area (Å²) in [4.78, 5) is 14.1. The number of aliphatic carboxylic acids is 1. The highest BCUT2D eigenvalue weighted by atomic mass is 16.4. The van der Waals surface area contributed by atoms with Crippen molar-refractivity contribution in [1.29, 1.82) is 0 Å². The van der Waals surface area contributed by atoms with Crippen LogP contribution in [0.3, 0.4) is 0 Å². The molecule has 0 amide bonds. The van der Waals surface area contributed by atoms with Crippen molar-refractivity contribution in [2.75, 3.05) is 0 Å². The van der Waals surface area contributed by atoms with E-state index in [1.807, 2.05) is 0 Å². The molecule has 64 valence electrons. The van der Waals surface area contributed by atoms with Gasteiger partial charge in [-0.3, -0.25) is 0 Å². The van der Waals surface area contributed by atoms with Gasteiger partial charge < -0.3 is 5.11 Å². The third-order valence-corrected chi connectivity index (χ3v) is 1.39. The Balaban J connectivity index is 2.55. The van der Waals surface area contributed by atoms with Crippen LogP contribution < -0.4 is 0 Å². The van der Waals surface area contributed by atoms with Gasteiger partial charge in [0.2, 0.25) is 0 Å². The molecule has 0 saturated heterocycles. The first-order valence-electron chi connectivity index (χ1n) is 3.42. The molecular formula is C7H9N3O2. The minimum atomic E-state index is -0.907. The molecule has 0 unspecified atom stereocenters. The van der Waals surface area contributed by atoms with Crippen molar-refractivity contribution in [3.63, 3.8) is 0 Å². The zero-order valence-corrected chi connectivity index (χ0v) is 6.64. The molecule has 0 spiro atoms. The van der Waals surface area contributed by atoms with Crippen LogP contribution in [0, 0.1) is 0 Å². The fourth-order valence-electron chi connectivity index (χ4n) is 0.645. The molecule has 0 bridgehead atoms. The average Bonchev–Trinajstić information content (AvgIpc) is 2.51. The molecule has 0 saturated carbocycles. The average molecular weight is 167 g/mol. The van der Waals surface area contributed by atoms with E-state index in [1.165, 1.54) is 12.7 Å². The van der Waals surface area contributed by atoms with E-state index in [1.54, 1.807) is 17.7 Å². The molecule has 0 aliphatic rings. The Morgan fingerprint density at radius 3 is 3.00 bits per heavy atom. The standard InChI is InChI=1S/C7H9N3O2/c1-6(7(11)12)2-3-10-5-8-4-9-10/h2,4-5H,3H2,1H3,(H,11,12). The molecule has 5 heteroatoms. The van der Waals surface area contributed by atoms with E-state index in [2.05, 4.69) is 10.1 Å². The normalized spacial score (nSPS) is 11.6. The predicted octanol–water partition coefficient (Wildman–Crippen LogP) is 0.309. The van der Waals surface area contributed by atoms with Crippen molar-refractivity contribution >= 4 is 5.97 Å². The van der Waals surface area contributed by atoms with Crippen molar-refractivity contribution in [2.45, 2.75) is 13.5 Å². The summed E-state index contributed by atoms with van der Waals surface area (Å²) in [7, 11) is 0. The summed E-state index contributed by atoms with van der Waals surface area (Å²) in [6.45, 7) is 1.98. The lowest BCUT2D eigenvalue weighted by Crippen LogP contribution is -2.00. The second-order valence-corrected chi connectivity index (χ2v) is 2.31. The zero-order chi connectivity index (χ0) is 8.97. The molecule has 5 nitrogen and oxygen atoms in total. The van der Waals surface area contributed by atoms with Crippen LogP contribution in [0.4, 0.5) is 0 Å². The van der Waals surface area contributed by atoms with E-state index in [-0.39, 0.29) is 0 Å². The molecule has 1 heterocycles. The molecule has 1 aromatic rings. The number of carboxylic acid groups (broad SMARTS) is 1. The van der Waals surface area contributed by atoms with Crippen LogP contribution in [0.5, 0.6) is 0 Å². The van der Waals surface area contributed by atoms with Crippen molar-refractivity contribution in [1.82, 2.24) is 14.8 Å². The quantitative estimate of drug-likeness (QED) is 0.658. The lowest BCUT2D eigenvalue weighted by molar-refractivity contribution is -0.132. The maximum Gasteiger partial charge on any atom is 0.331 e. The van der Waals surface area contributed by atoms with Gasteiger partial charge in [0.1, 0.15) is 12.7 Å². The van der Waals surface area contributed by atoms with Crippen LogP contribution in [-0.2, 0) is 11.3 Å². The Labute approximate surface area is 69.3 Å². The maximum absolute atomic E-state index is 10.3. The summed E-state index contributed by atoms with van der Waals surface area (Å²) >= 11 is 0. The van der Waals surface area contributed by atoms with Crippen molar-refractivity contribution in [3.8, 4) is 0 Å². The molecule has 0 radical (unpaired) electrons. The van der Waals surface area contributed by atoms with E-state index in [9.17, 15) is 4.79 Å². The first-order chi connectivity index (χ1) is 5.70. The van der Waals surface area contributed by atoms with Crippen LogP contribution in [0.1, 0.15) is 6.92 Å². The monoisotopic (exact) mass is 167 g/mol.